The molecule has 0 aliphatic carbocycles. The number of nitrogens with zero attached hydrogens (tertiary/aromatic N) is 1. The second kappa shape index (κ2) is 39.1. The van der Waals surface area contributed by atoms with Crippen LogP contribution in [0, 0.1) is 0 Å². The van der Waals surface area contributed by atoms with E-state index in [1.54, 1.807) is 0 Å². The van der Waals surface area contributed by atoms with Crippen LogP contribution in [0.25, 0.3) is 0 Å². The number of esters is 2. The Morgan fingerprint density at radius 1 is 0.554 bits per heavy atom. The Balaban J connectivity index is 4.35. The smallest absolute Gasteiger partial charge is 0.362 e. The minimum absolute atomic E-state index is 0.0373. The zero-order valence-corrected chi connectivity index (χ0v) is 36.8. The molecule has 0 amide bonds. The van der Waals surface area contributed by atoms with Gasteiger partial charge < -0.3 is 23.8 Å². The standard InChI is InChI=1S/C48H85NO7/c1-6-8-10-12-14-16-18-20-21-22-23-24-25-27-28-30-32-34-36-38-46(50)55-43-44(42-54-41-40-45(48(52)53)49(3,4)5)56-47(51)39-37-35-33-31-29-26-19-17-15-13-11-9-7-2/h14,16,18,20,26,29,33,35,44-45H,6-13,15,17,19,21-25,27-28,30-32,34,36-43H2,1-5H3/p+1/b16-14+,20-18+,29-26+,35-33+. The van der Waals surface area contributed by atoms with Gasteiger partial charge >= 0.3 is 17.9 Å². The van der Waals surface area contributed by atoms with Crippen LogP contribution in [0.2, 0.25) is 0 Å². The van der Waals surface area contributed by atoms with Crippen LogP contribution in [0.4, 0.5) is 0 Å². The minimum Gasteiger partial charge on any atom is -0.477 e. The van der Waals surface area contributed by atoms with Gasteiger partial charge in [-0.3, -0.25) is 9.59 Å². The second-order valence-corrected chi connectivity index (χ2v) is 16.3. The summed E-state index contributed by atoms with van der Waals surface area (Å²) in [6.45, 7) is 4.63. The molecule has 0 bridgehead atoms. The number of hydrogen-bond acceptors (Lipinski definition) is 6. The highest BCUT2D eigenvalue weighted by Crippen LogP contribution is 2.14. The predicted octanol–water partition coefficient (Wildman–Crippen LogP) is 12.4. The maximum atomic E-state index is 12.7. The van der Waals surface area contributed by atoms with Gasteiger partial charge in [-0.25, -0.2) is 4.79 Å². The van der Waals surface area contributed by atoms with E-state index in [2.05, 4.69) is 56.4 Å². The summed E-state index contributed by atoms with van der Waals surface area (Å²) in [6.07, 6.45) is 46.0. The van der Waals surface area contributed by atoms with Gasteiger partial charge in [0.15, 0.2) is 12.1 Å². The van der Waals surface area contributed by atoms with Crippen LogP contribution < -0.4 is 0 Å². The van der Waals surface area contributed by atoms with Crippen LogP contribution in [0.5, 0.6) is 0 Å². The van der Waals surface area contributed by atoms with E-state index in [0.717, 1.165) is 32.1 Å². The number of carboxylic acids is 1. The number of allylic oxidation sites excluding steroid dienone is 8. The van der Waals surface area contributed by atoms with Crippen molar-refractivity contribution >= 4 is 17.9 Å². The van der Waals surface area contributed by atoms with Gasteiger partial charge in [-0.2, -0.15) is 0 Å². The molecule has 8 heteroatoms. The largest absolute Gasteiger partial charge is 0.477 e. The summed E-state index contributed by atoms with van der Waals surface area (Å²) >= 11 is 0. The molecule has 1 N–H and O–H groups in total. The third kappa shape index (κ3) is 36.9. The number of aliphatic carboxylic acids is 1. The Bertz CT molecular complexity index is 1060. The number of carbonyl (C=O) groups excluding carboxylic acids is 2. The topological polar surface area (TPSA) is 99.1 Å². The highest BCUT2D eigenvalue weighted by atomic mass is 16.6. The third-order valence-corrected chi connectivity index (χ3v) is 9.99. The molecule has 0 saturated carbocycles. The molecule has 8 nitrogen and oxygen atoms in total. The van der Waals surface area contributed by atoms with Gasteiger partial charge in [0.1, 0.15) is 6.61 Å². The lowest BCUT2D eigenvalue weighted by molar-refractivity contribution is -0.887. The number of carbonyl (C=O) groups is 3. The van der Waals surface area contributed by atoms with E-state index in [1.807, 2.05) is 27.2 Å². The van der Waals surface area contributed by atoms with Crippen LogP contribution in [0.1, 0.15) is 187 Å². The summed E-state index contributed by atoms with van der Waals surface area (Å²) in [4.78, 5) is 36.9. The molecule has 0 radical (unpaired) electrons. The Kier molecular flexibility index (Phi) is 37.2. The van der Waals surface area contributed by atoms with Gasteiger partial charge in [0, 0.05) is 19.3 Å². The second-order valence-electron chi connectivity index (χ2n) is 16.3. The Labute approximate surface area is 344 Å². The molecule has 0 aliphatic heterocycles. The molecule has 324 valence electrons. The molecule has 2 unspecified atom stereocenters. The average molecular weight is 789 g/mol. The first-order valence-electron chi connectivity index (χ1n) is 22.7. The van der Waals surface area contributed by atoms with Crippen molar-refractivity contribution in [2.45, 2.75) is 199 Å². The molecule has 0 heterocycles. The lowest BCUT2D eigenvalue weighted by Gasteiger charge is -2.31. The first-order chi connectivity index (χ1) is 27.1. The summed E-state index contributed by atoms with van der Waals surface area (Å²) in [6, 6.07) is -0.624. The summed E-state index contributed by atoms with van der Waals surface area (Å²) in [7, 11) is 5.51. The number of carboxylic acid groups (broad SMARTS) is 1. The van der Waals surface area contributed by atoms with Gasteiger partial charge in [0.05, 0.1) is 34.4 Å². The van der Waals surface area contributed by atoms with Crippen LogP contribution in [-0.2, 0) is 28.6 Å². The summed E-state index contributed by atoms with van der Waals surface area (Å²) in [5.41, 5.74) is 0. The van der Waals surface area contributed by atoms with Gasteiger partial charge in [-0.1, -0.05) is 159 Å². The van der Waals surface area contributed by atoms with Gasteiger partial charge in [0.2, 0.25) is 0 Å². The normalized spacial score (nSPS) is 13.4. The molecule has 0 fully saturated rings. The molecule has 0 spiro atoms. The monoisotopic (exact) mass is 789 g/mol. The van der Waals surface area contributed by atoms with E-state index in [9.17, 15) is 19.5 Å². The van der Waals surface area contributed by atoms with Crippen molar-refractivity contribution < 1.29 is 38.2 Å². The number of quaternary nitrogens is 1. The Morgan fingerprint density at radius 3 is 1.59 bits per heavy atom. The summed E-state index contributed by atoms with van der Waals surface area (Å²) < 4.78 is 17.2. The number of hydrogen-bond donors (Lipinski definition) is 1. The highest BCUT2D eigenvalue weighted by molar-refractivity contribution is 5.72. The predicted molar refractivity (Wildman–Crippen MR) is 234 cm³/mol. The Hall–Kier alpha value is -2.71. The van der Waals surface area contributed by atoms with Crippen molar-refractivity contribution in [1.29, 1.82) is 0 Å². The van der Waals surface area contributed by atoms with Crippen molar-refractivity contribution in [3.05, 3.63) is 48.6 Å². The quantitative estimate of drug-likeness (QED) is 0.0217. The maximum Gasteiger partial charge on any atom is 0.362 e. The molecule has 0 aliphatic rings. The molecular formula is C48H86NO7+. The van der Waals surface area contributed by atoms with Crippen molar-refractivity contribution in [3.8, 4) is 0 Å². The molecule has 0 aromatic carbocycles. The van der Waals surface area contributed by atoms with E-state index in [0.29, 0.717) is 19.3 Å². The zero-order valence-electron chi connectivity index (χ0n) is 36.8. The van der Waals surface area contributed by atoms with Gasteiger partial charge in [-0.15, -0.1) is 0 Å². The number of ether oxygens (including phenoxy) is 3. The summed E-state index contributed by atoms with van der Waals surface area (Å²) in [5, 5.41) is 9.61. The van der Waals surface area contributed by atoms with Crippen LogP contribution >= 0.6 is 0 Å². The Morgan fingerprint density at radius 2 is 1.04 bits per heavy atom. The fourth-order valence-corrected chi connectivity index (χ4v) is 6.43. The molecule has 2 atom stereocenters. The van der Waals surface area contributed by atoms with Crippen LogP contribution in [-0.4, -0.2) is 80.6 Å². The van der Waals surface area contributed by atoms with Crippen molar-refractivity contribution in [2.24, 2.45) is 0 Å². The van der Waals surface area contributed by atoms with Crippen LogP contribution in [0.3, 0.4) is 0 Å². The third-order valence-electron chi connectivity index (χ3n) is 9.99. The van der Waals surface area contributed by atoms with E-state index >= 15 is 0 Å². The molecule has 0 rings (SSSR count). The molecule has 0 aromatic heterocycles. The van der Waals surface area contributed by atoms with E-state index < -0.39 is 18.1 Å². The maximum absolute atomic E-state index is 12.7. The SMILES string of the molecule is CCCCC/C=C/C=C/CCCCCCCCCCCCC(=O)OCC(COCCC(C(=O)O)[N+](C)(C)C)OC(=O)CC/C=C/C/C=C/CCCCCCCC. The highest BCUT2D eigenvalue weighted by Gasteiger charge is 2.31. The van der Waals surface area contributed by atoms with Gasteiger partial charge in [0.25, 0.3) is 0 Å². The average Bonchev–Trinajstić information content (AvgIpc) is 3.15. The first-order valence-corrected chi connectivity index (χ1v) is 22.7. The van der Waals surface area contributed by atoms with Gasteiger partial charge in [-0.05, 0) is 57.8 Å². The number of likely N-dealkylation sites (N-methyl/N-ethyl adjacent to an activating group) is 1. The minimum atomic E-state index is -0.884. The number of rotatable bonds is 40. The summed E-state index contributed by atoms with van der Waals surface area (Å²) in [5.74, 6) is -1.56. The lowest BCUT2D eigenvalue weighted by atomic mass is 10.1. The number of unbranched alkanes of at least 4 members (excludes halogenated alkanes) is 19. The van der Waals surface area contributed by atoms with Crippen molar-refractivity contribution in [3.63, 3.8) is 0 Å². The van der Waals surface area contributed by atoms with Crippen LogP contribution in [0.15, 0.2) is 48.6 Å². The van der Waals surface area contributed by atoms with Crippen molar-refractivity contribution in [1.82, 2.24) is 0 Å². The fourth-order valence-electron chi connectivity index (χ4n) is 6.43. The van der Waals surface area contributed by atoms with E-state index in [-0.39, 0.29) is 42.7 Å². The first kappa shape index (κ1) is 53.3. The molecule has 0 saturated heterocycles. The van der Waals surface area contributed by atoms with E-state index in [4.69, 9.17) is 14.2 Å². The zero-order chi connectivity index (χ0) is 41.4. The fraction of sp³-hybridized carbons (Fsp3) is 0.771. The molecule has 0 aromatic rings. The van der Waals surface area contributed by atoms with Crippen molar-refractivity contribution in [2.75, 3.05) is 41.0 Å². The van der Waals surface area contributed by atoms with E-state index in [1.165, 1.54) is 116 Å². The molecular weight excluding hydrogens is 703 g/mol. The lowest BCUT2D eigenvalue weighted by Crippen LogP contribution is -2.50. The molecule has 56 heavy (non-hydrogen) atoms.